The normalized spacial score (nSPS) is 13.0. The van der Waals surface area contributed by atoms with E-state index in [1.165, 1.54) is 0 Å². The molecule has 0 amide bonds. The second-order valence-corrected chi connectivity index (χ2v) is 5.37. The zero-order valence-corrected chi connectivity index (χ0v) is 12.1. The summed E-state index contributed by atoms with van der Waals surface area (Å²) >= 11 is 0. The SMILES string of the molecule is COc1cc(C)c(C(N)C(C)(C)C#N)c(C)c1C. The minimum atomic E-state index is -0.587. The van der Waals surface area contributed by atoms with Gasteiger partial charge >= 0.3 is 0 Å². The first-order valence-corrected chi connectivity index (χ1v) is 6.07. The van der Waals surface area contributed by atoms with Gasteiger partial charge in [-0.05, 0) is 62.9 Å². The predicted octanol–water partition coefficient (Wildman–Crippen LogP) is 3.17. The first-order valence-electron chi connectivity index (χ1n) is 6.07. The van der Waals surface area contributed by atoms with Gasteiger partial charge in [-0.3, -0.25) is 0 Å². The van der Waals surface area contributed by atoms with Gasteiger partial charge in [0.15, 0.2) is 0 Å². The fourth-order valence-corrected chi connectivity index (χ4v) is 2.19. The Kier molecular flexibility index (Phi) is 4.03. The quantitative estimate of drug-likeness (QED) is 0.891. The van der Waals surface area contributed by atoms with Crippen LogP contribution >= 0.6 is 0 Å². The van der Waals surface area contributed by atoms with Gasteiger partial charge in [-0.1, -0.05) is 0 Å². The Hall–Kier alpha value is -1.53. The molecule has 2 N–H and O–H groups in total. The van der Waals surface area contributed by atoms with Crippen LogP contribution in [0.4, 0.5) is 0 Å². The number of benzene rings is 1. The molecule has 3 heteroatoms. The van der Waals surface area contributed by atoms with Crippen LogP contribution in [-0.4, -0.2) is 7.11 Å². The van der Waals surface area contributed by atoms with Gasteiger partial charge in [0.05, 0.1) is 18.6 Å². The zero-order chi connectivity index (χ0) is 14.1. The summed E-state index contributed by atoms with van der Waals surface area (Å²) in [7, 11) is 1.67. The van der Waals surface area contributed by atoms with E-state index >= 15 is 0 Å². The van der Waals surface area contributed by atoms with Gasteiger partial charge in [-0.25, -0.2) is 0 Å². The van der Waals surface area contributed by atoms with Crippen LogP contribution in [0.3, 0.4) is 0 Å². The van der Waals surface area contributed by atoms with Crippen molar-refractivity contribution < 1.29 is 4.74 Å². The summed E-state index contributed by atoms with van der Waals surface area (Å²) in [6, 6.07) is 3.98. The lowest BCUT2D eigenvalue weighted by Crippen LogP contribution is -2.29. The second kappa shape index (κ2) is 4.99. The molecule has 1 unspecified atom stereocenters. The molecule has 0 saturated heterocycles. The van der Waals surface area contributed by atoms with Gasteiger partial charge in [-0.15, -0.1) is 0 Å². The largest absolute Gasteiger partial charge is 0.496 e. The van der Waals surface area contributed by atoms with E-state index in [2.05, 4.69) is 6.07 Å². The standard InChI is InChI=1S/C15H22N2O/c1-9-7-12(18-6)10(2)11(3)13(9)14(17)15(4,5)8-16/h7,14H,17H2,1-6H3. The summed E-state index contributed by atoms with van der Waals surface area (Å²) in [6.45, 7) is 9.81. The average molecular weight is 246 g/mol. The molecular formula is C15H22N2O. The lowest BCUT2D eigenvalue weighted by molar-refractivity contribution is 0.387. The third kappa shape index (κ3) is 2.34. The molecular weight excluding hydrogens is 224 g/mol. The predicted molar refractivity (Wildman–Crippen MR) is 73.5 cm³/mol. The first kappa shape index (κ1) is 14.5. The first-order chi connectivity index (χ1) is 8.26. The van der Waals surface area contributed by atoms with E-state index in [1.807, 2.05) is 40.7 Å². The Labute approximate surface area is 110 Å². The van der Waals surface area contributed by atoms with Crippen molar-refractivity contribution in [3.05, 3.63) is 28.3 Å². The second-order valence-electron chi connectivity index (χ2n) is 5.37. The van der Waals surface area contributed by atoms with Crippen molar-refractivity contribution in [2.75, 3.05) is 7.11 Å². The maximum atomic E-state index is 9.22. The monoisotopic (exact) mass is 246 g/mol. The van der Waals surface area contributed by atoms with Gasteiger partial charge in [0.2, 0.25) is 0 Å². The van der Waals surface area contributed by atoms with Crippen molar-refractivity contribution in [1.29, 1.82) is 5.26 Å². The Morgan fingerprint density at radius 2 is 1.83 bits per heavy atom. The molecule has 98 valence electrons. The Bertz CT molecular complexity index is 498. The number of nitriles is 1. The van der Waals surface area contributed by atoms with Crippen molar-refractivity contribution in [3.8, 4) is 11.8 Å². The van der Waals surface area contributed by atoms with Crippen LogP contribution in [0.15, 0.2) is 6.07 Å². The fraction of sp³-hybridized carbons (Fsp3) is 0.533. The fourth-order valence-electron chi connectivity index (χ4n) is 2.19. The van der Waals surface area contributed by atoms with Crippen LogP contribution in [-0.2, 0) is 0 Å². The van der Waals surface area contributed by atoms with Crippen LogP contribution in [0.5, 0.6) is 5.75 Å². The molecule has 0 spiro atoms. The minimum Gasteiger partial charge on any atom is -0.496 e. The molecule has 0 aliphatic rings. The third-order valence-corrected chi connectivity index (χ3v) is 3.71. The van der Waals surface area contributed by atoms with Crippen LogP contribution in [0.25, 0.3) is 0 Å². The molecule has 0 bridgehead atoms. The highest BCUT2D eigenvalue weighted by atomic mass is 16.5. The molecule has 1 aromatic carbocycles. The van der Waals surface area contributed by atoms with Crippen molar-refractivity contribution in [1.82, 2.24) is 0 Å². The number of nitrogens with zero attached hydrogens (tertiary/aromatic N) is 1. The van der Waals surface area contributed by atoms with Gasteiger partial charge in [-0.2, -0.15) is 5.26 Å². The molecule has 0 aromatic heterocycles. The lowest BCUT2D eigenvalue weighted by Gasteiger charge is -2.28. The maximum Gasteiger partial charge on any atom is 0.122 e. The number of ether oxygens (including phenoxy) is 1. The highest BCUT2D eigenvalue weighted by Gasteiger charge is 2.30. The summed E-state index contributed by atoms with van der Waals surface area (Å²) in [5.74, 6) is 0.871. The van der Waals surface area contributed by atoms with E-state index in [0.717, 1.165) is 28.0 Å². The molecule has 3 nitrogen and oxygen atoms in total. The number of nitrogens with two attached hydrogens (primary N) is 1. The Morgan fingerprint density at radius 3 is 2.28 bits per heavy atom. The molecule has 1 aromatic rings. The van der Waals surface area contributed by atoms with E-state index in [0.29, 0.717) is 0 Å². The summed E-state index contributed by atoms with van der Waals surface area (Å²) in [5, 5.41) is 9.22. The Morgan fingerprint density at radius 1 is 1.28 bits per heavy atom. The molecule has 0 radical (unpaired) electrons. The van der Waals surface area contributed by atoms with Gasteiger partial charge in [0, 0.05) is 6.04 Å². The highest BCUT2D eigenvalue weighted by molar-refractivity contribution is 5.50. The van der Waals surface area contributed by atoms with Crippen LogP contribution in [0, 0.1) is 37.5 Å². The van der Waals surface area contributed by atoms with Crippen molar-refractivity contribution in [2.24, 2.45) is 11.1 Å². The van der Waals surface area contributed by atoms with E-state index < -0.39 is 5.41 Å². The lowest BCUT2D eigenvalue weighted by atomic mass is 9.78. The van der Waals surface area contributed by atoms with E-state index in [-0.39, 0.29) is 6.04 Å². The minimum absolute atomic E-state index is 0.299. The third-order valence-electron chi connectivity index (χ3n) is 3.71. The Balaban J connectivity index is 3.44. The van der Waals surface area contributed by atoms with E-state index in [9.17, 15) is 5.26 Å². The summed E-state index contributed by atoms with van der Waals surface area (Å²) in [5.41, 5.74) is 10.0. The molecule has 0 aliphatic carbocycles. The number of rotatable bonds is 3. The van der Waals surface area contributed by atoms with Crippen LogP contribution < -0.4 is 10.5 Å². The van der Waals surface area contributed by atoms with E-state index in [1.54, 1.807) is 7.11 Å². The van der Waals surface area contributed by atoms with Crippen molar-refractivity contribution in [3.63, 3.8) is 0 Å². The summed E-state index contributed by atoms with van der Waals surface area (Å²) < 4.78 is 5.35. The zero-order valence-electron chi connectivity index (χ0n) is 12.1. The van der Waals surface area contributed by atoms with Gasteiger partial charge in [0.25, 0.3) is 0 Å². The highest BCUT2D eigenvalue weighted by Crippen LogP contribution is 2.37. The molecule has 1 rings (SSSR count). The number of hydrogen-bond acceptors (Lipinski definition) is 3. The molecule has 18 heavy (non-hydrogen) atoms. The van der Waals surface area contributed by atoms with Gasteiger partial charge in [0.1, 0.15) is 5.75 Å². The molecule has 0 fully saturated rings. The molecule has 0 heterocycles. The number of aryl methyl sites for hydroxylation is 1. The summed E-state index contributed by atoms with van der Waals surface area (Å²) in [6.07, 6.45) is 0. The number of hydrogen-bond donors (Lipinski definition) is 1. The van der Waals surface area contributed by atoms with Crippen LogP contribution in [0.1, 0.15) is 42.1 Å². The average Bonchev–Trinajstić information content (AvgIpc) is 2.33. The van der Waals surface area contributed by atoms with E-state index in [4.69, 9.17) is 10.5 Å². The van der Waals surface area contributed by atoms with Gasteiger partial charge < -0.3 is 10.5 Å². The molecule has 0 saturated carbocycles. The summed E-state index contributed by atoms with van der Waals surface area (Å²) in [4.78, 5) is 0. The number of methoxy groups -OCH3 is 1. The van der Waals surface area contributed by atoms with Crippen molar-refractivity contribution in [2.45, 2.75) is 40.7 Å². The maximum absolute atomic E-state index is 9.22. The van der Waals surface area contributed by atoms with Crippen molar-refractivity contribution >= 4 is 0 Å². The topological polar surface area (TPSA) is 59.0 Å². The smallest absolute Gasteiger partial charge is 0.122 e. The molecule has 0 aliphatic heterocycles. The molecule has 1 atom stereocenters. The van der Waals surface area contributed by atoms with Crippen LogP contribution in [0.2, 0.25) is 0 Å².